The topological polar surface area (TPSA) is 208 Å². The summed E-state index contributed by atoms with van der Waals surface area (Å²) in [7, 11) is 0. The van der Waals surface area contributed by atoms with E-state index in [0.29, 0.717) is 12.8 Å². The van der Waals surface area contributed by atoms with Crippen LogP contribution in [0, 0.1) is 0 Å². The smallest absolute Gasteiger partial charge is 0.306 e. The molecule has 208 valence electrons. The van der Waals surface area contributed by atoms with Crippen molar-refractivity contribution in [3.63, 3.8) is 0 Å². The first-order valence-corrected chi connectivity index (χ1v) is 11.8. The minimum Gasteiger partial charge on any atom is -0.460 e. The second kappa shape index (κ2) is 13.6. The predicted octanol–water partition coefficient (Wildman–Crippen LogP) is -2.12. The molecule has 0 aromatic heterocycles. The van der Waals surface area contributed by atoms with Gasteiger partial charge in [0.2, 0.25) is 5.79 Å². The van der Waals surface area contributed by atoms with Crippen LogP contribution in [-0.4, -0.2) is 118 Å². The summed E-state index contributed by atoms with van der Waals surface area (Å²) in [5, 5.41) is 50.2. The number of hydrogen-bond acceptors (Lipinski definition) is 14. The Morgan fingerprint density at radius 3 is 1.97 bits per heavy atom. The molecule has 2 aliphatic rings. The van der Waals surface area contributed by atoms with E-state index in [4.69, 9.17) is 28.4 Å². The summed E-state index contributed by atoms with van der Waals surface area (Å²) in [5.74, 6) is -4.50. The average Bonchev–Trinajstić information content (AvgIpc) is 3.10. The minimum atomic E-state index is -2.28. The number of carbonyl (C=O) groups excluding carboxylic acids is 3. The van der Waals surface area contributed by atoms with E-state index in [9.17, 15) is 39.9 Å². The maximum atomic E-state index is 12.5. The molecule has 0 unspecified atom stereocenters. The zero-order valence-corrected chi connectivity index (χ0v) is 20.5. The highest BCUT2D eigenvalue weighted by atomic mass is 16.8. The van der Waals surface area contributed by atoms with E-state index >= 15 is 0 Å². The maximum Gasteiger partial charge on any atom is 0.306 e. The summed E-state index contributed by atoms with van der Waals surface area (Å²) in [4.78, 5) is 36.5. The zero-order chi connectivity index (χ0) is 27.0. The van der Waals surface area contributed by atoms with Crippen molar-refractivity contribution in [2.45, 2.75) is 101 Å². The fourth-order valence-corrected chi connectivity index (χ4v) is 3.90. The van der Waals surface area contributed by atoms with Crippen LogP contribution in [0.4, 0.5) is 0 Å². The molecular weight excluding hydrogens is 488 g/mol. The molecule has 0 aromatic carbocycles. The highest BCUT2D eigenvalue weighted by molar-refractivity contribution is 5.71. The maximum absolute atomic E-state index is 12.5. The van der Waals surface area contributed by atoms with Gasteiger partial charge in [-0.1, -0.05) is 13.8 Å². The lowest BCUT2D eigenvalue weighted by molar-refractivity contribution is -0.384. The first-order chi connectivity index (χ1) is 17.0. The van der Waals surface area contributed by atoms with Crippen LogP contribution in [0.3, 0.4) is 0 Å². The Morgan fingerprint density at radius 1 is 0.861 bits per heavy atom. The Bertz CT molecular complexity index is 744. The van der Waals surface area contributed by atoms with Gasteiger partial charge >= 0.3 is 17.9 Å². The van der Waals surface area contributed by atoms with Crippen LogP contribution in [0.1, 0.15) is 46.5 Å². The van der Waals surface area contributed by atoms with Gasteiger partial charge < -0.3 is 54.0 Å². The van der Waals surface area contributed by atoms with Gasteiger partial charge in [0, 0.05) is 19.8 Å². The van der Waals surface area contributed by atoms with Crippen molar-refractivity contribution in [3.05, 3.63) is 0 Å². The van der Waals surface area contributed by atoms with E-state index in [1.807, 2.05) is 0 Å². The molecule has 0 spiro atoms. The third kappa shape index (κ3) is 7.10. The normalized spacial score (nSPS) is 36.3. The standard InChI is InChI=1S/C22H36O14/c1-4-6-14(26)33-19-13(9-24)35-22(10-31-11(3)25,20(19)34-15(27)7-5-2)36-21-18(30)17(29)16(28)12(8-23)32-21/h12-13,16-21,23-24,28-30H,4-10H2,1-3H3/t12-,13-,16-,17+,18-,19-,20+,21-,22+/m1/s1. The molecule has 2 heterocycles. The molecule has 0 radical (unpaired) electrons. The lowest BCUT2D eigenvalue weighted by Crippen LogP contribution is -2.63. The van der Waals surface area contributed by atoms with E-state index in [2.05, 4.69) is 0 Å². The molecule has 0 bridgehead atoms. The van der Waals surface area contributed by atoms with Crippen LogP contribution in [0.15, 0.2) is 0 Å². The summed E-state index contributed by atoms with van der Waals surface area (Å²) in [6, 6.07) is 0. The minimum absolute atomic E-state index is 0.00872. The monoisotopic (exact) mass is 524 g/mol. The zero-order valence-electron chi connectivity index (χ0n) is 20.5. The van der Waals surface area contributed by atoms with Gasteiger partial charge in [-0.05, 0) is 12.8 Å². The largest absolute Gasteiger partial charge is 0.460 e. The molecule has 0 aliphatic carbocycles. The fraction of sp³-hybridized carbons (Fsp3) is 0.864. The molecule has 2 saturated heterocycles. The van der Waals surface area contributed by atoms with Crippen LogP contribution in [0.5, 0.6) is 0 Å². The molecule has 5 N–H and O–H groups in total. The molecule has 0 aromatic rings. The summed E-state index contributed by atoms with van der Waals surface area (Å²) in [5.41, 5.74) is 0. The van der Waals surface area contributed by atoms with E-state index in [1.165, 1.54) is 0 Å². The third-order valence-electron chi connectivity index (χ3n) is 5.70. The summed E-state index contributed by atoms with van der Waals surface area (Å²) < 4.78 is 33.1. The predicted molar refractivity (Wildman–Crippen MR) is 116 cm³/mol. The van der Waals surface area contributed by atoms with Crippen LogP contribution in [-0.2, 0) is 42.8 Å². The third-order valence-corrected chi connectivity index (χ3v) is 5.70. The van der Waals surface area contributed by atoms with Gasteiger partial charge in [-0.2, -0.15) is 0 Å². The highest BCUT2D eigenvalue weighted by Gasteiger charge is 2.63. The molecule has 2 rings (SSSR count). The molecular formula is C22H36O14. The van der Waals surface area contributed by atoms with Crippen LogP contribution < -0.4 is 0 Å². The lowest BCUT2D eigenvalue weighted by Gasteiger charge is -2.43. The highest BCUT2D eigenvalue weighted by Crippen LogP contribution is 2.40. The van der Waals surface area contributed by atoms with Crippen molar-refractivity contribution in [1.29, 1.82) is 0 Å². The van der Waals surface area contributed by atoms with Gasteiger partial charge in [0.15, 0.2) is 18.5 Å². The molecule has 2 aliphatic heterocycles. The Balaban J connectivity index is 2.50. The molecule has 14 heteroatoms. The van der Waals surface area contributed by atoms with Gasteiger partial charge in [0.25, 0.3) is 0 Å². The Labute approximate surface area is 208 Å². The first-order valence-electron chi connectivity index (χ1n) is 11.8. The summed E-state index contributed by atoms with van der Waals surface area (Å²) in [6.45, 7) is 2.29. The number of ether oxygens (including phenoxy) is 6. The van der Waals surface area contributed by atoms with Crippen molar-refractivity contribution >= 4 is 17.9 Å². The number of hydrogen-bond donors (Lipinski definition) is 5. The van der Waals surface area contributed by atoms with Gasteiger partial charge in [-0.25, -0.2) is 0 Å². The van der Waals surface area contributed by atoms with Crippen LogP contribution in [0.25, 0.3) is 0 Å². The molecule has 2 fully saturated rings. The quantitative estimate of drug-likeness (QED) is 0.137. The van der Waals surface area contributed by atoms with E-state index in [-0.39, 0.29) is 12.8 Å². The number of rotatable bonds is 12. The molecule has 14 nitrogen and oxygen atoms in total. The number of esters is 3. The van der Waals surface area contributed by atoms with Crippen molar-refractivity contribution < 1.29 is 68.3 Å². The van der Waals surface area contributed by atoms with Crippen LogP contribution >= 0.6 is 0 Å². The molecule has 0 amide bonds. The second-order valence-corrected chi connectivity index (χ2v) is 8.61. The molecule has 36 heavy (non-hydrogen) atoms. The number of aliphatic hydroxyl groups is 5. The van der Waals surface area contributed by atoms with Gasteiger partial charge in [-0.15, -0.1) is 0 Å². The Hall–Kier alpha value is -1.91. The molecule has 9 atom stereocenters. The van der Waals surface area contributed by atoms with Crippen molar-refractivity contribution in [1.82, 2.24) is 0 Å². The number of carbonyl (C=O) groups is 3. The average molecular weight is 525 g/mol. The summed E-state index contributed by atoms with van der Waals surface area (Å²) in [6.07, 6.45) is -12.1. The van der Waals surface area contributed by atoms with Gasteiger partial charge in [0.05, 0.1) is 13.2 Å². The van der Waals surface area contributed by atoms with Crippen molar-refractivity contribution in [3.8, 4) is 0 Å². The Morgan fingerprint density at radius 2 is 1.44 bits per heavy atom. The van der Waals surface area contributed by atoms with E-state index in [1.54, 1.807) is 13.8 Å². The van der Waals surface area contributed by atoms with E-state index in [0.717, 1.165) is 6.92 Å². The van der Waals surface area contributed by atoms with E-state index < -0.39 is 92.5 Å². The Kier molecular flexibility index (Phi) is 11.4. The van der Waals surface area contributed by atoms with Crippen LogP contribution in [0.2, 0.25) is 0 Å². The SMILES string of the molecule is CCCC(=O)O[C@@H]1[C@@H](CO)O[C@@](COC(C)=O)(O[C@H]2O[C@H](CO)[C@@H](O)[C@H](O)[C@H]2O)[C@H]1OC(=O)CCC. The van der Waals surface area contributed by atoms with Crippen molar-refractivity contribution in [2.24, 2.45) is 0 Å². The lowest BCUT2D eigenvalue weighted by atomic mass is 9.99. The fourth-order valence-electron chi connectivity index (χ4n) is 3.90. The van der Waals surface area contributed by atoms with Crippen molar-refractivity contribution in [2.75, 3.05) is 19.8 Å². The van der Waals surface area contributed by atoms with Gasteiger partial charge in [0.1, 0.15) is 37.1 Å². The number of aliphatic hydroxyl groups excluding tert-OH is 5. The second-order valence-electron chi connectivity index (χ2n) is 8.61. The summed E-state index contributed by atoms with van der Waals surface area (Å²) >= 11 is 0. The molecule has 0 saturated carbocycles. The van der Waals surface area contributed by atoms with Gasteiger partial charge in [-0.3, -0.25) is 14.4 Å². The first kappa shape index (κ1) is 30.3.